The van der Waals surface area contributed by atoms with Gasteiger partial charge in [0.15, 0.2) is 0 Å². The zero-order valence-electron chi connectivity index (χ0n) is 15.4. The van der Waals surface area contributed by atoms with Crippen LogP contribution in [0.2, 0.25) is 5.02 Å². The number of carbonyl (C=O) groups excluding carboxylic acids is 1. The second-order valence-corrected chi connectivity index (χ2v) is 6.72. The van der Waals surface area contributed by atoms with E-state index in [1.807, 2.05) is 25.3 Å². The molecule has 0 unspecified atom stereocenters. The van der Waals surface area contributed by atoms with Crippen molar-refractivity contribution in [2.45, 2.75) is 26.1 Å². The minimum Gasteiger partial charge on any atom is -0.378 e. The summed E-state index contributed by atoms with van der Waals surface area (Å²) in [7, 11) is 1.57. The van der Waals surface area contributed by atoms with Gasteiger partial charge in [-0.25, -0.2) is 0 Å². The second-order valence-electron chi connectivity index (χ2n) is 6.31. The van der Waals surface area contributed by atoms with Gasteiger partial charge in [0.25, 0.3) is 5.91 Å². The maximum atomic E-state index is 12.3. The highest BCUT2D eigenvalue weighted by Gasteiger charge is 2.14. The van der Waals surface area contributed by atoms with E-state index in [4.69, 9.17) is 21.6 Å². The van der Waals surface area contributed by atoms with Gasteiger partial charge >= 0.3 is 0 Å². The Morgan fingerprint density at radius 3 is 2.96 bits per heavy atom. The average molecular weight is 399 g/mol. The number of methoxy groups -OCH3 is 1. The smallest absolute Gasteiger partial charge is 0.269 e. The number of nitrogens with zero attached hydrogens (tertiary/aromatic N) is 4. The molecule has 0 aliphatic rings. The molecule has 2 heterocycles. The third-order valence-corrected chi connectivity index (χ3v) is 4.34. The van der Waals surface area contributed by atoms with Gasteiger partial charge in [-0.1, -0.05) is 17.7 Å². The van der Waals surface area contributed by atoms with Crippen molar-refractivity contribution >= 4 is 17.5 Å². The molecule has 0 spiro atoms. The fraction of sp³-hybridized carbons (Fsp3) is 0.263. The van der Waals surface area contributed by atoms with Gasteiger partial charge in [0.1, 0.15) is 11.8 Å². The fourth-order valence-electron chi connectivity index (χ4n) is 2.71. The van der Waals surface area contributed by atoms with Crippen LogP contribution >= 0.6 is 11.6 Å². The molecule has 2 aromatic heterocycles. The van der Waals surface area contributed by atoms with Crippen molar-refractivity contribution in [2.24, 2.45) is 0 Å². The highest BCUT2D eigenvalue weighted by atomic mass is 35.5. The van der Waals surface area contributed by atoms with Crippen LogP contribution in [-0.2, 0) is 17.9 Å². The van der Waals surface area contributed by atoms with Crippen LogP contribution in [0.1, 0.15) is 28.7 Å². The summed E-state index contributed by atoms with van der Waals surface area (Å²) in [4.78, 5) is 12.3. The van der Waals surface area contributed by atoms with E-state index in [1.165, 1.54) is 0 Å². The Morgan fingerprint density at radius 1 is 1.43 bits per heavy atom. The zero-order valence-corrected chi connectivity index (χ0v) is 16.2. The number of aromatic amines is 1. The van der Waals surface area contributed by atoms with E-state index in [0.717, 1.165) is 11.3 Å². The van der Waals surface area contributed by atoms with Crippen molar-refractivity contribution in [1.29, 1.82) is 5.26 Å². The van der Waals surface area contributed by atoms with E-state index in [0.29, 0.717) is 35.1 Å². The summed E-state index contributed by atoms with van der Waals surface area (Å²) < 4.78 is 6.74. The van der Waals surface area contributed by atoms with Crippen LogP contribution in [0.3, 0.4) is 0 Å². The predicted octanol–water partition coefficient (Wildman–Crippen LogP) is 2.76. The molecule has 0 aliphatic heterocycles. The van der Waals surface area contributed by atoms with Crippen molar-refractivity contribution < 1.29 is 9.53 Å². The summed E-state index contributed by atoms with van der Waals surface area (Å²) >= 11 is 6.09. The molecule has 0 saturated heterocycles. The second kappa shape index (κ2) is 8.69. The van der Waals surface area contributed by atoms with E-state index < -0.39 is 0 Å². The van der Waals surface area contributed by atoms with Crippen LogP contribution in [0, 0.1) is 11.3 Å². The van der Waals surface area contributed by atoms with Crippen LogP contribution in [0.25, 0.3) is 11.3 Å². The largest absolute Gasteiger partial charge is 0.378 e. The van der Waals surface area contributed by atoms with Gasteiger partial charge < -0.3 is 10.1 Å². The van der Waals surface area contributed by atoms with E-state index in [2.05, 4.69) is 20.6 Å². The van der Waals surface area contributed by atoms with Crippen molar-refractivity contribution in [2.75, 3.05) is 7.11 Å². The number of hydrogen-bond donors (Lipinski definition) is 2. The average Bonchev–Trinajstić information content (AvgIpc) is 3.31. The highest BCUT2D eigenvalue weighted by molar-refractivity contribution is 6.32. The molecule has 0 bridgehead atoms. The van der Waals surface area contributed by atoms with E-state index >= 15 is 0 Å². The first kappa shape index (κ1) is 19.6. The summed E-state index contributed by atoms with van der Waals surface area (Å²) in [5.74, 6) is -0.242. The number of carbonyl (C=O) groups is 1. The van der Waals surface area contributed by atoms with Crippen LogP contribution < -0.4 is 5.32 Å². The number of nitriles is 1. The Morgan fingerprint density at radius 2 is 2.25 bits per heavy atom. The van der Waals surface area contributed by atoms with Crippen molar-refractivity contribution in [3.05, 3.63) is 58.5 Å². The van der Waals surface area contributed by atoms with E-state index in [1.54, 1.807) is 36.1 Å². The number of halogens is 1. The molecule has 3 aromatic rings. The summed E-state index contributed by atoms with van der Waals surface area (Å²) in [5, 5.41) is 23.5. The molecule has 0 aliphatic carbocycles. The quantitative estimate of drug-likeness (QED) is 0.636. The molecule has 8 nitrogen and oxygen atoms in total. The van der Waals surface area contributed by atoms with Gasteiger partial charge in [-0.05, 0) is 31.2 Å². The molecular formula is C19H19ClN6O2. The lowest BCUT2D eigenvalue weighted by molar-refractivity contribution is 0.0931. The van der Waals surface area contributed by atoms with Crippen molar-refractivity contribution in [3.63, 3.8) is 0 Å². The molecule has 3 rings (SSSR count). The summed E-state index contributed by atoms with van der Waals surface area (Å²) in [5.41, 5.74) is 3.03. The number of amides is 1. The fourth-order valence-corrected chi connectivity index (χ4v) is 2.93. The Labute approximate surface area is 167 Å². The van der Waals surface area contributed by atoms with Crippen LogP contribution in [-0.4, -0.2) is 39.0 Å². The Kier molecular flexibility index (Phi) is 6.09. The molecule has 2 N–H and O–H groups in total. The standard InChI is InChI=1S/C19H19ClN6O2/c1-12(22-19(27)18-8-15(11-28-2)23-24-18)10-26-6-5-17(25-26)13-3-4-14(9-21)16(20)7-13/h3-8,12H,10-11H2,1-2H3,(H,22,27)(H,23,24)/t12-/m0/s1. The van der Waals surface area contributed by atoms with Gasteiger partial charge in [0.05, 0.1) is 35.1 Å². The van der Waals surface area contributed by atoms with Gasteiger partial charge in [-0.15, -0.1) is 0 Å². The Hall–Kier alpha value is -3.15. The SMILES string of the molecule is COCc1cc(C(=O)N[C@@H](C)Cn2ccc(-c3ccc(C#N)c(Cl)c3)n2)[nH]n1. The third-order valence-electron chi connectivity index (χ3n) is 4.03. The summed E-state index contributed by atoms with van der Waals surface area (Å²) in [6.45, 7) is 2.73. The minimum atomic E-state index is -0.242. The molecule has 28 heavy (non-hydrogen) atoms. The minimum absolute atomic E-state index is 0.154. The number of hydrogen-bond acceptors (Lipinski definition) is 5. The van der Waals surface area contributed by atoms with Gasteiger partial charge in [0.2, 0.25) is 0 Å². The molecule has 1 amide bonds. The summed E-state index contributed by atoms with van der Waals surface area (Å²) in [6, 6.07) is 10.6. The molecule has 144 valence electrons. The molecule has 1 aromatic carbocycles. The van der Waals surface area contributed by atoms with Crippen molar-refractivity contribution in [1.82, 2.24) is 25.3 Å². The van der Waals surface area contributed by atoms with Crippen LogP contribution in [0.4, 0.5) is 0 Å². The van der Waals surface area contributed by atoms with Crippen LogP contribution in [0.15, 0.2) is 36.5 Å². The normalized spacial score (nSPS) is 11.8. The monoisotopic (exact) mass is 398 g/mol. The number of rotatable bonds is 7. The number of H-pyrrole nitrogens is 1. The maximum absolute atomic E-state index is 12.3. The molecule has 9 heteroatoms. The van der Waals surface area contributed by atoms with E-state index in [9.17, 15) is 4.79 Å². The number of benzene rings is 1. The number of aromatic nitrogens is 4. The number of ether oxygens (including phenoxy) is 1. The first-order chi connectivity index (χ1) is 13.5. The lowest BCUT2D eigenvalue weighted by Gasteiger charge is -2.13. The van der Waals surface area contributed by atoms with Gasteiger partial charge in [0, 0.05) is 24.9 Å². The van der Waals surface area contributed by atoms with Crippen molar-refractivity contribution in [3.8, 4) is 17.3 Å². The highest BCUT2D eigenvalue weighted by Crippen LogP contribution is 2.24. The Bertz CT molecular complexity index is 1020. The summed E-state index contributed by atoms with van der Waals surface area (Å²) in [6.07, 6.45) is 1.83. The lowest BCUT2D eigenvalue weighted by atomic mass is 10.1. The zero-order chi connectivity index (χ0) is 20.1. The lowest BCUT2D eigenvalue weighted by Crippen LogP contribution is -2.36. The third kappa shape index (κ3) is 4.57. The Balaban J connectivity index is 1.62. The maximum Gasteiger partial charge on any atom is 0.269 e. The first-order valence-electron chi connectivity index (χ1n) is 8.57. The van der Waals surface area contributed by atoms with Crippen LogP contribution in [0.5, 0.6) is 0 Å². The van der Waals surface area contributed by atoms with Gasteiger partial charge in [-0.2, -0.15) is 15.5 Å². The topological polar surface area (TPSA) is 109 Å². The first-order valence-corrected chi connectivity index (χ1v) is 8.95. The predicted molar refractivity (Wildman–Crippen MR) is 104 cm³/mol. The molecule has 1 atom stereocenters. The van der Waals surface area contributed by atoms with Gasteiger partial charge in [-0.3, -0.25) is 14.6 Å². The molecular weight excluding hydrogens is 380 g/mol. The molecule has 0 saturated carbocycles. The van der Waals surface area contributed by atoms with E-state index in [-0.39, 0.29) is 11.9 Å². The molecule has 0 fully saturated rings. The molecule has 0 radical (unpaired) electrons. The number of nitrogens with one attached hydrogen (secondary N) is 2.